The van der Waals surface area contributed by atoms with Crippen molar-refractivity contribution in [2.45, 2.75) is 19.4 Å². The van der Waals surface area contributed by atoms with E-state index in [9.17, 15) is 5.11 Å². The molecule has 0 spiro atoms. The van der Waals surface area contributed by atoms with Gasteiger partial charge in [-0.3, -0.25) is 0 Å². The molecular formula is C17H26NO3+. The van der Waals surface area contributed by atoms with Crippen LogP contribution in [0.15, 0.2) is 30.9 Å². The van der Waals surface area contributed by atoms with E-state index in [0.717, 1.165) is 44.0 Å². The molecule has 0 amide bonds. The van der Waals surface area contributed by atoms with Gasteiger partial charge in [-0.25, -0.2) is 0 Å². The molecule has 1 saturated heterocycles. The first-order valence-electron chi connectivity index (χ1n) is 7.61. The molecule has 1 heterocycles. The Balaban J connectivity index is 1.85. The van der Waals surface area contributed by atoms with Crippen LogP contribution in [0.3, 0.4) is 0 Å². The SMILES string of the molecule is C=CCc1cc(C)ccc1OC[C@H](O)C[NH+]1CCOCC1. The van der Waals surface area contributed by atoms with Crippen LogP contribution in [0, 0.1) is 6.92 Å². The number of benzene rings is 1. The highest BCUT2D eigenvalue weighted by Crippen LogP contribution is 2.21. The van der Waals surface area contributed by atoms with Crippen LogP contribution in [0.5, 0.6) is 5.75 Å². The summed E-state index contributed by atoms with van der Waals surface area (Å²) in [5.74, 6) is 0.844. The third kappa shape index (κ3) is 5.16. The average Bonchev–Trinajstić information content (AvgIpc) is 2.48. The van der Waals surface area contributed by atoms with Crippen molar-refractivity contribution in [2.75, 3.05) is 39.5 Å². The van der Waals surface area contributed by atoms with Gasteiger partial charge in [0.2, 0.25) is 0 Å². The molecule has 0 bridgehead atoms. The first kappa shape index (κ1) is 16.0. The Morgan fingerprint density at radius 2 is 2.19 bits per heavy atom. The Morgan fingerprint density at radius 3 is 2.90 bits per heavy atom. The maximum Gasteiger partial charge on any atom is 0.137 e. The maximum atomic E-state index is 10.1. The van der Waals surface area contributed by atoms with Crippen molar-refractivity contribution in [1.29, 1.82) is 0 Å². The second kappa shape index (κ2) is 8.17. The van der Waals surface area contributed by atoms with E-state index < -0.39 is 6.10 Å². The van der Waals surface area contributed by atoms with Crippen LogP contribution in [0.1, 0.15) is 11.1 Å². The maximum absolute atomic E-state index is 10.1. The minimum Gasteiger partial charge on any atom is -0.490 e. The highest BCUT2D eigenvalue weighted by molar-refractivity contribution is 5.38. The predicted molar refractivity (Wildman–Crippen MR) is 83.0 cm³/mol. The van der Waals surface area contributed by atoms with Gasteiger partial charge in [-0.1, -0.05) is 23.8 Å². The topological polar surface area (TPSA) is 43.1 Å². The summed E-state index contributed by atoms with van der Waals surface area (Å²) >= 11 is 0. The molecule has 0 aliphatic carbocycles. The fourth-order valence-corrected chi connectivity index (χ4v) is 2.61. The number of rotatable bonds is 7. The summed E-state index contributed by atoms with van der Waals surface area (Å²) in [4.78, 5) is 1.38. The van der Waals surface area contributed by atoms with Gasteiger partial charge < -0.3 is 19.5 Å². The number of aliphatic hydroxyl groups is 1. The van der Waals surface area contributed by atoms with Gasteiger partial charge in [0.1, 0.15) is 38.1 Å². The van der Waals surface area contributed by atoms with E-state index in [0.29, 0.717) is 13.2 Å². The molecule has 4 nitrogen and oxygen atoms in total. The minimum absolute atomic E-state index is 0.331. The van der Waals surface area contributed by atoms with Crippen molar-refractivity contribution in [2.24, 2.45) is 0 Å². The normalized spacial score (nSPS) is 17.4. The van der Waals surface area contributed by atoms with E-state index in [-0.39, 0.29) is 0 Å². The van der Waals surface area contributed by atoms with Gasteiger partial charge in [0.25, 0.3) is 0 Å². The molecule has 1 fully saturated rings. The molecule has 21 heavy (non-hydrogen) atoms. The molecule has 0 aromatic heterocycles. The fourth-order valence-electron chi connectivity index (χ4n) is 2.61. The molecule has 1 aromatic carbocycles. The first-order valence-corrected chi connectivity index (χ1v) is 7.61. The number of allylic oxidation sites excluding steroid dienone is 1. The molecule has 1 aliphatic rings. The van der Waals surface area contributed by atoms with Gasteiger partial charge in [-0.2, -0.15) is 0 Å². The van der Waals surface area contributed by atoms with E-state index in [4.69, 9.17) is 9.47 Å². The number of nitrogens with one attached hydrogen (secondary N) is 1. The fraction of sp³-hybridized carbons (Fsp3) is 0.529. The number of aliphatic hydroxyl groups excluding tert-OH is 1. The van der Waals surface area contributed by atoms with Gasteiger partial charge >= 0.3 is 0 Å². The van der Waals surface area contributed by atoms with Crippen LogP contribution in [0.25, 0.3) is 0 Å². The molecule has 1 aliphatic heterocycles. The predicted octanol–water partition coefficient (Wildman–Crippen LogP) is 0.378. The molecule has 0 unspecified atom stereocenters. The Kier molecular flexibility index (Phi) is 6.23. The molecule has 1 atom stereocenters. The van der Waals surface area contributed by atoms with Crippen LogP contribution in [-0.2, 0) is 11.2 Å². The van der Waals surface area contributed by atoms with Crippen molar-refractivity contribution in [3.63, 3.8) is 0 Å². The summed E-state index contributed by atoms with van der Waals surface area (Å²) in [5.41, 5.74) is 2.33. The summed E-state index contributed by atoms with van der Waals surface area (Å²) in [7, 11) is 0. The lowest BCUT2D eigenvalue weighted by atomic mass is 10.1. The number of morpholine rings is 1. The van der Waals surface area contributed by atoms with Crippen molar-refractivity contribution in [3.05, 3.63) is 42.0 Å². The van der Waals surface area contributed by atoms with Crippen molar-refractivity contribution in [1.82, 2.24) is 0 Å². The number of hydrogen-bond acceptors (Lipinski definition) is 3. The van der Waals surface area contributed by atoms with Gasteiger partial charge in [0.15, 0.2) is 0 Å². The molecular weight excluding hydrogens is 266 g/mol. The second-order valence-corrected chi connectivity index (χ2v) is 5.64. The summed E-state index contributed by atoms with van der Waals surface area (Å²) in [6.07, 6.45) is 2.20. The van der Waals surface area contributed by atoms with E-state index in [1.807, 2.05) is 18.2 Å². The molecule has 0 radical (unpaired) electrons. The minimum atomic E-state index is -0.448. The Bertz CT molecular complexity index is 455. The van der Waals surface area contributed by atoms with Crippen LogP contribution in [-0.4, -0.2) is 50.7 Å². The van der Waals surface area contributed by atoms with Crippen LogP contribution in [0.4, 0.5) is 0 Å². The van der Waals surface area contributed by atoms with Gasteiger partial charge in [-0.05, 0) is 25.0 Å². The smallest absolute Gasteiger partial charge is 0.137 e. The van der Waals surface area contributed by atoms with Crippen LogP contribution in [0.2, 0.25) is 0 Å². The van der Waals surface area contributed by atoms with E-state index in [2.05, 4.69) is 19.6 Å². The highest BCUT2D eigenvalue weighted by Gasteiger charge is 2.18. The summed E-state index contributed by atoms with van der Waals surface area (Å²) in [5, 5.41) is 10.1. The van der Waals surface area contributed by atoms with Gasteiger partial charge in [0.05, 0.1) is 13.2 Å². The second-order valence-electron chi connectivity index (χ2n) is 5.64. The Labute approximate surface area is 127 Å². The summed E-state index contributed by atoms with van der Waals surface area (Å²) in [6, 6.07) is 6.11. The molecule has 4 heteroatoms. The number of quaternary nitrogens is 1. The first-order chi connectivity index (χ1) is 10.2. The summed E-state index contributed by atoms with van der Waals surface area (Å²) in [6.45, 7) is 10.4. The lowest BCUT2D eigenvalue weighted by Gasteiger charge is -2.25. The molecule has 0 saturated carbocycles. The van der Waals surface area contributed by atoms with Crippen LogP contribution >= 0.6 is 0 Å². The zero-order valence-corrected chi connectivity index (χ0v) is 12.8. The average molecular weight is 292 g/mol. The zero-order chi connectivity index (χ0) is 15.1. The highest BCUT2D eigenvalue weighted by atomic mass is 16.5. The quantitative estimate of drug-likeness (QED) is 0.714. The van der Waals surface area contributed by atoms with Crippen molar-refractivity contribution in [3.8, 4) is 5.75 Å². The third-order valence-electron chi connectivity index (χ3n) is 3.74. The largest absolute Gasteiger partial charge is 0.490 e. The number of aryl methyl sites for hydroxylation is 1. The Hall–Kier alpha value is -1.36. The van der Waals surface area contributed by atoms with E-state index in [1.165, 1.54) is 10.5 Å². The number of ether oxygens (including phenoxy) is 2. The van der Waals surface area contributed by atoms with Gasteiger partial charge in [-0.15, -0.1) is 6.58 Å². The Morgan fingerprint density at radius 1 is 1.43 bits per heavy atom. The lowest BCUT2D eigenvalue weighted by Crippen LogP contribution is -3.15. The number of hydrogen-bond donors (Lipinski definition) is 2. The molecule has 116 valence electrons. The lowest BCUT2D eigenvalue weighted by molar-refractivity contribution is -0.911. The zero-order valence-electron chi connectivity index (χ0n) is 12.8. The van der Waals surface area contributed by atoms with E-state index in [1.54, 1.807) is 0 Å². The molecule has 1 aromatic rings. The van der Waals surface area contributed by atoms with Crippen molar-refractivity contribution < 1.29 is 19.5 Å². The monoisotopic (exact) mass is 292 g/mol. The van der Waals surface area contributed by atoms with Crippen LogP contribution < -0.4 is 9.64 Å². The summed E-state index contributed by atoms with van der Waals surface area (Å²) < 4.78 is 11.1. The van der Waals surface area contributed by atoms with Crippen molar-refractivity contribution >= 4 is 0 Å². The van der Waals surface area contributed by atoms with Gasteiger partial charge in [0, 0.05) is 0 Å². The van der Waals surface area contributed by atoms with E-state index >= 15 is 0 Å². The third-order valence-corrected chi connectivity index (χ3v) is 3.74. The molecule has 2 rings (SSSR count). The standard InChI is InChI=1S/C17H25NO3/c1-3-4-15-11-14(2)5-6-17(15)21-13-16(19)12-18-7-9-20-10-8-18/h3,5-6,11,16,19H,1,4,7-10,12-13H2,2H3/p+1/t16-/m1/s1. The molecule has 2 N–H and O–H groups in total.